The summed E-state index contributed by atoms with van der Waals surface area (Å²) in [6.07, 6.45) is -0.478. The fourth-order valence-electron chi connectivity index (χ4n) is 1.98. The van der Waals surface area contributed by atoms with Gasteiger partial charge < -0.3 is 20.1 Å². The van der Waals surface area contributed by atoms with Gasteiger partial charge in [-0.15, -0.1) is 0 Å². The van der Waals surface area contributed by atoms with Crippen LogP contribution in [0.15, 0.2) is 24.3 Å². The summed E-state index contributed by atoms with van der Waals surface area (Å²) in [6.45, 7) is 6.38. The molecule has 1 fully saturated rings. The maximum Gasteiger partial charge on any atom is 0.250 e. The lowest BCUT2D eigenvalue weighted by molar-refractivity contribution is -0.134. The fourth-order valence-corrected chi connectivity index (χ4v) is 1.98. The predicted molar refractivity (Wildman–Crippen MR) is 76.9 cm³/mol. The molecule has 0 aromatic heterocycles. The molecule has 1 aromatic rings. The number of rotatable bonds is 5. The van der Waals surface area contributed by atoms with Crippen LogP contribution in [0.3, 0.4) is 0 Å². The first-order chi connectivity index (χ1) is 9.65. The highest BCUT2D eigenvalue weighted by atomic mass is 16.5. The molecule has 1 aliphatic heterocycles. The van der Waals surface area contributed by atoms with Gasteiger partial charge in [-0.3, -0.25) is 4.79 Å². The third kappa shape index (κ3) is 4.51. The number of hydrogen-bond acceptors (Lipinski definition) is 4. The number of ether oxygens (including phenoxy) is 2. The molecule has 110 valence electrons. The number of hydrogen-bond donors (Lipinski definition) is 2. The van der Waals surface area contributed by atoms with Crippen LogP contribution in [0.5, 0.6) is 5.75 Å². The van der Waals surface area contributed by atoms with Crippen molar-refractivity contribution < 1.29 is 14.3 Å². The zero-order chi connectivity index (χ0) is 14.4. The van der Waals surface area contributed by atoms with Gasteiger partial charge in [-0.2, -0.15) is 0 Å². The van der Waals surface area contributed by atoms with Gasteiger partial charge in [-0.25, -0.2) is 0 Å². The molecule has 0 aliphatic carbocycles. The quantitative estimate of drug-likeness (QED) is 0.839. The summed E-state index contributed by atoms with van der Waals surface area (Å²) in [5.74, 6) is 0.726. The molecule has 5 heteroatoms. The molecule has 0 radical (unpaired) electrons. The Morgan fingerprint density at radius 2 is 2.25 bits per heavy atom. The topological polar surface area (TPSA) is 59.6 Å². The van der Waals surface area contributed by atoms with Gasteiger partial charge in [0.1, 0.15) is 18.0 Å². The molecular weight excluding hydrogens is 256 g/mol. The van der Waals surface area contributed by atoms with Crippen molar-refractivity contribution in [2.75, 3.05) is 26.2 Å². The van der Waals surface area contributed by atoms with Gasteiger partial charge in [0.25, 0.3) is 5.91 Å². The minimum absolute atomic E-state index is 0.0850. The van der Waals surface area contributed by atoms with E-state index in [-0.39, 0.29) is 12.0 Å². The minimum atomic E-state index is -0.393. The number of morpholine rings is 1. The van der Waals surface area contributed by atoms with E-state index in [0.717, 1.165) is 12.3 Å². The van der Waals surface area contributed by atoms with E-state index in [9.17, 15) is 4.79 Å². The summed E-state index contributed by atoms with van der Waals surface area (Å²) in [7, 11) is 0. The molecule has 1 amide bonds. The van der Waals surface area contributed by atoms with Crippen LogP contribution in [0.4, 0.5) is 0 Å². The third-order valence-electron chi connectivity index (χ3n) is 3.14. The second-order valence-electron chi connectivity index (χ2n) is 5.05. The van der Waals surface area contributed by atoms with E-state index in [2.05, 4.69) is 10.6 Å². The Morgan fingerprint density at radius 3 is 2.90 bits per heavy atom. The molecule has 1 heterocycles. The third-order valence-corrected chi connectivity index (χ3v) is 3.14. The van der Waals surface area contributed by atoms with Gasteiger partial charge >= 0.3 is 0 Å². The van der Waals surface area contributed by atoms with E-state index in [1.54, 1.807) is 0 Å². The zero-order valence-electron chi connectivity index (χ0n) is 12.0. The molecule has 20 heavy (non-hydrogen) atoms. The lowest BCUT2D eigenvalue weighted by atomic mass is 10.2. The Hall–Kier alpha value is -1.59. The Balaban J connectivity index is 1.72. The lowest BCUT2D eigenvalue weighted by Crippen LogP contribution is -2.49. The van der Waals surface area contributed by atoms with Crippen molar-refractivity contribution in [1.82, 2.24) is 10.6 Å². The Labute approximate surface area is 119 Å². The standard InChI is InChI=1S/C15H22N2O3/c1-11-3-5-13(6-4-11)20-12(2)9-17-15(18)14-10-16-7-8-19-14/h3-6,12,14,16H,7-10H2,1-2H3,(H,17,18). The summed E-state index contributed by atoms with van der Waals surface area (Å²) >= 11 is 0. The maximum absolute atomic E-state index is 11.9. The molecule has 0 saturated carbocycles. The van der Waals surface area contributed by atoms with E-state index in [1.807, 2.05) is 38.1 Å². The Morgan fingerprint density at radius 1 is 1.50 bits per heavy atom. The summed E-state index contributed by atoms with van der Waals surface area (Å²) in [5.41, 5.74) is 1.19. The van der Waals surface area contributed by atoms with Crippen LogP contribution in [0, 0.1) is 6.92 Å². The van der Waals surface area contributed by atoms with Gasteiger partial charge in [0.15, 0.2) is 0 Å². The average molecular weight is 278 g/mol. The van der Waals surface area contributed by atoms with E-state index in [0.29, 0.717) is 19.7 Å². The van der Waals surface area contributed by atoms with Crippen LogP contribution >= 0.6 is 0 Å². The van der Waals surface area contributed by atoms with Crippen LogP contribution in [-0.4, -0.2) is 44.4 Å². The van der Waals surface area contributed by atoms with Crippen molar-refractivity contribution >= 4 is 5.91 Å². The van der Waals surface area contributed by atoms with Gasteiger partial charge in [-0.05, 0) is 26.0 Å². The van der Waals surface area contributed by atoms with Crippen molar-refractivity contribution in [3.8, 4) is 5.75 Å². The van der Waals surface area contributed by atoms with E-state index in [4.69, 9.17) is 9.47 Å². The normalized spacial score (nSPS) is 20.2. The summed E-state index contributed by atoms with van der Waals surface area (Å²) in [4.78, 5) is 11.9. The molecule has 1 aliphatic rings. The number of benzene rings is 1. The smallest absolute Gasteiger partial charge is 0.250 e. The molecule has 1 saturated heterocycles. The SMILES string of the molecule is Cc1ccc(OC(C)CNC(=O)C2CNCCO2)cc1. The van der Waals surface area contributed by atoms with Crippen LogP contribution in [-0.2, 0) is 9.53 Å². The number of carbonyl (C=O) groups is 1. The molecule has 1 aromatic carbocycles. The Kier molecular flexibility index (Phi) is 5.38. The van der Waals surface area contributed by atoms with Crippen molar-refractivity contribution in [1.29, 1.82) is 0 Å². The molecule has 5 nitrogen and oxygen atoms in total. The van der Waals surface area contributed by atoms with Crippen LogP contribution in [0.25, 0.3) is 0 Å². The highest BCUT2D eigenvalue weighted by molar-refractivity contribution is 5.81. The van der Waals surface area contributed by atoms with Crippen molar-refractivity contribution in [3.05, 3.63) is 29.8 Å². The largest absolute Gasteiger partial charge is 0.489 e. The van der Waals surface area contributed by atoms with Crippen LogP contribution in [0.1, 0.15) is 12.5 Å². The van der Waals surface area contributed by atoms with E-state index in [1.165, 1.54) is 5.56 Å². The predicted octanol–water partition coefficient (Wildman–Crippen LogP) is 0.867. The average Bonchev–Trinajstić information content (AvgIpc) is 2.48. The summed E-state index contributed by atoms with van der Waals surface area (Å²) in [6, 6.07) is 7.87. The second kappa shape index (κ2) is 7.26. The highest BCUT2D eigenvalue weighted by Gasteiger charge is 2.21. The van der Waals surface area contributed by atoms with Crippen molar-refractivity contribution in [3.63, 3.8) is 0 Å². The first-order valence-electron chi connectivity index (χ1n) is 6.98. The number of amides is 1. The summed E-state index contributed by atoms with van der Waals surface area (Å²) < 4.78 is 11.1. The Bertz CT molecular complexity index is 427. The van der Waals surface area contributed by atoms with Gasteiger partial charge in [0, 0.05) is 13.1 Å². The van der Waals surface area contributed by atoms with Crippen molar-refractivity contribution in [2.45, 2.75) is 26.1 Å². The number of carbonyl (C=O) groups excluding carboxylic acids is 1. The maximum atomic E-state index is 11.9. The van der Waals surface area contributed by atoms with Gasteiger partial charge in [0.2, 0.25) is 0 Å². The van der Waals surface area contributed by atoms with Gasteiger partial charge in [0.05, 0.1) is 13.2 Å². The summed E-state index contributed by atoms with van der Waals surface area (Å²) in [5, 5.41) is 5.99. The second-order valence-corrected chi connectivity index (χ2v) is 5.05. The first-order valence-corrected chi connectivity index (χ1v) is 6.98. The number of nitrogens with one attached hydrogen (secondary N) is 2. The minimum Gasteiger partial charge on any atom is -0.489 e. The highest BCUT2D eigenvalue weighted by Crippen LogP contribution is 2.13. The molecular formula is C15H22N2O3. The molecule has 0 bridgehead atoms. The monoisotopic (exact) mass is 278 g/mol. The van der Waals surface area contributed by atoms with Crippen LogP contribution in [0.2, 0.25) is 0 Å². The van der Waals surface area contributed by atoms with E-state index < -0.39 is 6.10 Å². The van der Waals surface area contributed by atoms with Crippen LogP contribution < -0.4 is 15.4 Å². The molecule has 2 rings (SSSR count). The molecule has 2 atom stereocenters. The van der Waals surface area contributed by atoms with Crippen molar-refractivity contribution in [2.24, 2.45) is 0 Å². The molecule has 0 spiro atoms. The molecule has 2 N–H and O–H groups in total. The lowest BCUT2D eigenvalue weighted by Gasteiger charge is -2.23. The first kappa shape index (κ1) is 14.8. The fraction of sp³-hybridized carbons (Fsp3) is 0.533. The molecule has 2 unspecified atom stereocenters. The zero-order valence-corrected chi connectivity index (χ0v) is 12.0. The van der Waals surface area contributed by atoms with E-state index >= 15 is 0 Å². The van der Waals surface area contributed by atoms with Gasteiger partial charge in [-0.1, -0.05) is 17.7 Å². The number of aryl methyl sites for hydroxylation is 1.